The molecule has 0 saturated carbocycles. The molecule has 172 valence electrons. The monoisotopic (exact) mass is 472 g/mol. The predicted molar refractivity (Wildman–Crippen MR) is 120 cm³/mol. The molecule has 1 heterocycles. The smallest absolute Gasteiger partial charge is 0.371 e. The van der Waals surface area contributed by atoms with E-state index in [2.05, 4.69) is 10.5 Å². The number of hydrazone groups is 1. The molecule has 0 aliphatic heterocycles. The van der Waals surface area contributed by atoms with Gasteiger partial charge in [0.05, 0.1) is 12.8 Å². The van der Waals surface area contributed by atoms with Crippen molar-refractivity contribution in [2.75, 3.05) is 13.2 Å². The van der Waals surface area contributed by atoms with Crippen molar-refractivity contribution in [2.24, 2.45) is 5.10 Å². The average molecular weight is 473 g/mol. The van der Waals surface area contributed by atoms with Crippen molar-refractivity contribution < 1.29 is 33.3 Å². The molecule has 2 aromatic carbocycles. The molecule has 0 aliphatic rings. The molecule has 0 spiro atoms. The van der Waals surface area contributed by atoms with E-state index in [-0.39, 0.29) is 19.0 Å². The lowest BCUT2D eigenvalue weighted by Gasteiger charge is -2.11. The molecule has 0 fully saturated rings. The number of carboxylic acid groups (broad SMARTS) is 1. The Hall–Kier alpha value is -3.98. The van der Waals surface area contributed by atoms with E-state index in [1.54, 1.807) is 42.5 Å². The number of carbonyl (C=O) groups is 2. The highest BCUT2D eigenvalue weighted by Gasteiger charge is 2.11. The van der Waals surface area contributed by atoms with Crippen LogP contribution in [0, 0.1) is 0 Å². The molecular formula is C23H21ClN2O7. The Morgan fingerprint density at radius 1 is 1.09 bits per heavy atom. The minimum Gasteiger partial charge on any atom is -0.490 e. The van der Waals surface area contributed by atoms with Gasteiger partial charge in [-0.15, -0.1) is 0 Å². The van der Waals surface area contributed by atoms with Crippen LogP contribution >= 0.6 is 11.6 Å². The summed E-state index contributed by atoms with van der Waals surface area (Å²) in [5, 5.41) is 13.3. The Bertz CT molecular complexity index is 1140. The second-order valence-electron chi connectivity index (χ2n) is 6.54. The van der Waals surface area contributed by atoms with Crippen LogP contribution in [0.1, 0.15) is 28.8 Å². The van der Waals surface area contributed by atoms with Crippen molar-refractivity contribution in [3.63, 3.8) is 0 Å². The van der Waals surface area contributed by atoms with Crippen molar-refractivity contribution >= 4 is 29.7 Å². The van der Waals surface area contributed by atoms with Crippen molar-refractivity contribution in [1.82, 2.24) is 5.43 Å². The first-order chi connectivity index (χ1) is 15.9. The van der Waals surface area contributed by atoms with E-state index in [4.69, 9.17) is 35.3 Å². The van der Waals surface area contributed by atoms with E-state index in [9.17, 15) is 9.59 Å². The lowest BCUT2D eigenvalue weighted by molar-refractivity contribution is -0.123. The van der Waals surface area contributed by atoms with Crippen LogP contribution in [0.2, 0.25) is 5.02 Å². The fraction of sp³-hybridized carbons (Fsp3) is 0.174. The van der Waals surface area contributed by atoms with Crippen LogP contribution in [0.5, 0.6) is 17.2 Å². The molecule has 0 aliphatic carbocycles. The highest BCUT2D eigenvalue weighted by atomic mass is 35.5. The summed E-state index contributed by atoms with van der Waals surface area (Å²) in [6.45, 7) is 2.04. The summed E-state index contributed by atoms with van der Waals surface area (Å²) in [6, 6.07) is 14.7. The van der Waals surface area contributed by atoms with Crippen LogP contribution in [0.25, 0.3) is 0 Å². The number of ether oxygens (including phenoxy) is 3. The minimum atomic E-state index is -1.15. The Balaban J connectivity index is 1.55. The first kappa shape index (κ1) is 23.7. The number of rotatable bonds is 11. The molecule has 0 saturated heterocycles. The minimum absolute atomic E-state index is 0.0312. The van der Waals surface area contributed by atoms with Crippen molar-refractivity contribution in [3.05, 3.63) is 76.7 Å². The molecule has 33 heavy (non-hydrogen) atoms. The summed E-state index contributed by atoms with van der Waals surface area (Å²) >= 11 is 5.87. The van der Waals surface area contributed by atoms with Gasteiger partial charge >= 0.3 is 5.97 Å². The fourth-order valence-electron chi connectivity index (χ4n) is 2.63. The van der Waals surface area contributed by atoms with Crippen molar-refractivity contribution in [2.45, 2.75) is 13.5 Å². The molecule has 9 nitrogen and oxygen atoms in total. The summed E-state index contributed by atoms with van der Waals surface area (Å²) in [5.74, 6) is 0.00224. The predicted octanol–water partition coefficient (Wildman–Crippen LogP) is 4.14. The lowest BCUT2D eigenvalue weighted by atomic mass is 10.2. The van der Waals surface area contributed by atoms with Gasteiger partial charge in [0, 0.05) is 5.02 Å². The Kier molecular flexibility index (Phi) is 8.31. The summed E-state index contributed by atoms with van der Waals surface area (Å²) in [5.41, 5.74) is 3.04. The summed E-state index contributed by atoms with van der Waals surface area (Å²) in [6.07, 6.45) is 1.45. The molecule has 2 N–H and O–H groups in total. The van der Waals surface area contributed by atoms with Gasteiger partial charge in [0.25, 0.3) is 5.91 Å². The largest absolute Gasteiger partial charge is 0.490 e. The van der Waals surface area contributed by atoms with E-state index in [1.165, 1.54) is 18.3 Å². The van der Waals surface area contributed by atoms with Crippen LogP contribution in [0.4, 0.5) is 0 Å². The number of amides is 1. The van der Waals surface area contributed by atoms with E-state index in [1.807, 2.05) is 6.92 Å². The quantitative estimate of drug-likeness (QED) is 0.318. The number of nitrogens with one attached hydrogen (secondary N) is 1. The van der Waals surface area contributed by atoms with Crippen LogP contribution in [-0.4, -0.2) is 36.4 Å². The SMILES string of the molecule is CCOc1cc(C=NNC(=O)COc2cccc(Cl)c2)ccc1OCc1ccc(C(=O)O)o1. The molecule has 0 unspecified atom stereocenters. The van der Waals surface area contributed by atoms with E-state index >= 15 is 0 Å². The third kappa shape index (κ3) is 7.29. The number of aromatic carboxylic acids is 1. The Morgan fingerprint density at radius 2 is 1.94 bits per heavy atom. The van der Waals surface area contributed by atoms with Gasteiger partial charge in [-0.1, -0.05) is 17.7 Å². The van der Waals surface area contributed by atoms with Crippen molar-refractivity contribution in [1.29, 1.82) is 0 Å². The lowest BCUT2D eigenvalue weighted by Crippen LogP contribution is -2.24. The molecule has 3 rings (SSSR count). The number of carboxylic acids is 1. The standard InChI is InChI=1S/C23H21ClN2O7/c1-2-30-21-10-15(6-8-19(21)32-13-18-7-9-20(33-18)23(28)29)12-25-26-22(27)14-31-17-5-3-4-16(24)11-17/h3-12H,2,13-14H2,1H3,(H,26,27)(H,28,29). The second kappa shape index (κ2) is 11.6. The maximum absolute atomic E-state index is 11.9. The summed E-state index contributed by atoms with van der Waals surface area (Å²) in [4.78, 5) is 22.8. The van der Waals surface area contributed by atoms with E-state index < -0.39 is 11.9 Å². The van der Waals surface area contributed by atoms with Crippen LogP contribution in [-0.2, 0) is 11.4 Å². The zero-order chi connectivity index (χ0) is 23.6. The Morgan fingerprint density at radius 3 is 2.67 bits per heavy atom. The zero-order valence-electron chi connectivity index (χ0n) is 17.6. The van der Waals surface area contributed by atoms with Crippen molar-refractivity contribution in [3.8, 4) is 17.2 Å². The van der Waals surface area contributed by atoms with Gasteiger partial charge in [-0.25, -0.2) is 10.2 Å². The number of halogens is 1. The molecule has 0 bridgehead atoms. The normalized spacial score (nSPS) is 10.7. The first-order valence-corrected chi connectivity index (χ1v) is 10.2. The zero-order valence-corrected chi connectivity index (χ0v) is 18.4. The molecule has 10 heteroatoms. The Labute approximate surface area is 194 Å². The number of hydrogen-bond acceptors (Lipinski definition) is 7. The highest BCUT2D eigenvalue weighted by Crippen LogP contribution is 2.29. The van der Waals surface area contributed by atoms with E-state index in [0.29, 0.717) is 40.2 Å². The fourth-order valence-corrected chi connectivity index (χ4v) is 2.81. The maximum atomic E-state index is 11.9. The summed E-state index contributed by atoms with van der Waals surface area (Å²) in [7, 11) is 0. The summed E-state index contributed by atoms with van der Waals surface area (Å²) < 4.78 is 21.8. The van der Waals surface area contributed by atoms with Gasteiger partial charge in [-0.2, -0.15) is 5.10 Å². The molecule has 1 aromatic heterocycles. The number of benzene rings is 2. The third-order valence-electron chi connectivity index (χ3n) is 4.08. The average Bonchev–Trinajstić information content (AvgIpc) is 3.27. The number of furan rings is 1. The van der Waals surface area contributed by atoms with Gasteiger partial charge < -0.3 is 23.7 Å². The molecule has 3 aromatic rings. The van der Waals surface area contributed by atoms with Gasteiger partial charge in [-0.3, -0.25) is 4.79 Å². The number of carbonyl (C=O) groups excluding carboxylic acids is 1. The second-order valence-corrected chi connectivity index (χ2v) is 6.97. The number of hydrogen-bond donors (Lipinski definition) is 2. The van der Waals surface area contributed by atoms with Gasteiger partial charge in [0.15, 0.2) is 18.1 Å². The molecule has 0 radical (unpaired) electrons. The van der Waals surface area contributed by atoms with Crippen LogP contribution in [0.3, 0.4) is 0 Å². The molecule has 1 amide bonds. The molecular weight excluding hydrogens is 452 g/mol. The van der Waals surface area contributed by atoms with Crippen LogP contribution in [0.15, 0.2) is 64.1 Å². The van der Waals surface area contributed by atoms with E-state index in [0.717, 1.165) is 0 Å². The topological polar surface area (TPSA) is 120 Å². The van der Waals surface area contributed by atoms with Gasteiger partial charge in [0.1, 0.15) is 18.1 Å². The first-order valence-electron chi connectivity index (χ1n) is 9.86. The van der Waals surface area contributed by atoms with Gasteiger partial charge in [0.2, 0.25) is 5.76 Å². The highest BCUT2D eigenvalue weighted by molar-refractivity contribution is 6.30. The van der Waals surface area contributed by atoms with Gasteiger partial charge in [-0.05, 0) is 61.0 Å². The third-order valence-corrected chi connectivity index (χ3v) is 4.31. The number of nitrogens with zero attached hydrogens (tertiary/aromatic N) is 1. The molecule has 0 atom stereocenters. The van der Waals surface area contributed by atoms with Crippen LogP contribution < -0.4 is 19.6 Å². The maximum Gasteiger partial charge on any atom is 0.371 e.